The van der Waals surface area contributed by atoms with E-state index in [1.807, 2.05) is 24.3 Å². The molecule has 218 valence electrons. The fourth-order valence-corrected chi connectivity index (χ4v) is 6.55. The number of aromatic nitrogens is 2. The number of ether oxygens (including phenoxy) is 1. The molecule has 0 aliphatic carbocycles. The molecule has 4 heterocycles. The summed E-state index contributed by atoms with van der Waals surface area (Å²) in [6, 6.07) is 14.4. The van der Waals surface area contributed by atoms with E-state index < -0.39 is 0 Å². The fourth-order valence-electron chi connectivity index (χ4n) is 6.55. The first kappa shape index (κ1) is 27.8. The molecule has 42 heavy (non-hydrogen) atoms. The van der Waals surface area contributed by atoms with E-state index in [0.29, 0.717) is 44.8 Å². The van der Waals surface area contributed by atoms with Gasteiger partial charge in [-0.3, -0.25) is 4.79 Å². The Morgan fingerprint density at radius 2 is 2.02 bits per heavy atom. The van der Waals surface area contributed by atoms with Crippen LogP contribution in [0.5, 0.6) is 11.8 Å². The molecule has 0 bridgehead atoms. The van der Waals surface area contributed by atoms with Crippen LogP contribution in [0.3, 0.4) is 0 Å². The third-order valence-corrected chi connectivity index (χ3v) is 8.83. The molecule has 3 aromatic rings. The predicted molar refractivity (Wildman–Crippen MR) is 162 cm³/mol. The van der Waals surface area contributed by atoms with E-state index >= 15 is 0 Å². The average molecular weight is 568 g/mol. The number of carbonyl (C=O) groups excluding carboxylic acids is 1. The minimum atomic E-state index is -0.255. The number of nitriles is 1. The van der Waals surface area contributed by atoms with E-state index in [2.05, 4.69) is 40.5 Å². The van der Waals surface area contributed by atoms with Gasteiger partial charge in [0.1, 0.15) is 18.2 Å². The number of benzene rings is 2. The smallest absolute Gasteiger partial charge is 0.318 e. The first-order valence-corrected chi connectivity index (χ1v) is 14.7. The lowest BCUT2D eigenvalue weighted by Crippen LogP contribution is -2.55. The van der Waals surface area contributed by atoms with Crippen LogP contribution in [0.4, 0.5) is 11.5 Å². The largest absolute Gasteiger partial charge is 0.508 e. The number of hydrogen-bond acceptors (Lipinski definition) is 9. The third-order valence-electron chi connectivity index (χ3n) is 8.83. The van der Waals surface area contributed by atoms with Gasteiger partial charge in [0.15, 0.2) is 0 Å². The summed E-state index contributed by atoms with van der Waals surface area (Å²) in [7, 11) is 2.12. The van der Waals surface area contributed by atoms with E-state index in [1.54, 1.807) is 11.0 Å². The summed E-state index contributed by atoms with van der Waals surface area (Å²) in [4.78, 5) is 30.9. The highest BCUT2D eigenvalue weighted by Crippen LogP contribution is 2.37. The summed E-state index contributed by atoms with van der Waals surface area (Å²) >= 11 is 0. The summed E-state index contributed by atoms with van der Waals surface area (Å²) < 4.78 is 6.26. The van der Waals surface area contributed by atoms with Crippen molar-refractivity contribution in [1.82, 2.24) is 19.8 Å². The van der Waals surface area contributed by atoms with Crippen molar-refractivity contribution >= 4 is 28.2 Å². The van der Waals surface area contributed by atoms with Crippen LogP contribution in [0.1, 0.15) is 30.5 Å². The molecule has 2 aromatic carbocycles. The molecule has 1 aromatic heterocycles. The summed E-state index contributed by atoms with van der Waals surface area (Å²) in [5.41, 5.74) is 2.94. The number of fused-ring (bicyclic) bond motifs is 2. The molecule has 2 saturated heterocycles. The molecule has 2 atom stereocenters. The Morgan fingerprint density at radius 3 is 2.81 bits per heavy atom. The lowest BCUT2D eigenvalue weighted by molar-refractivity contribution is -0.128. The van der Waals surface area contributed by atoms with Gasteiger partial charge < -0.3 is 29.4 Å². The van der Waals surface area contributed by atoms with E-state index in [-0.39, 0.29) is 24.1 Å². The van der Waals surface area contributed by atoms with Crippen molar-refractivity contribution < 1.29 is 14.6 Å². The van der Waals surface area contributed by atoms with Crippen molar-refractivity contribution in [2.24, 2.45) is 0 Å². The molecular formula is C32H37N7O3. The van der Waals surface area contributed by atoms with Crippen molar-refractivity contribution in [2.45, 2.75) is 44.3 Å². The Morgan fingerprint density at radius 1 is 1.17 bits per heavy atom. The molecule has 1 amide bonds. The van der Waals surface area contributed by atoms with Crippen LogP contribution in [-0.2, 0) is 17.8 Å². The Bertz CT molecular complexity index is 1540. The number of piperazine rings is 1. The monoisotopic (exact) mass is 567 g/mol. The maximum absolute atomic E-state index is 12.5. The second kappa shape index (κ2) is 11.9. The molecule has 0 spiro atoms. The van der Waals surface area contributed by atoms with Crippen LogP contribution in [0, 0.1) is 11.3 Å². The molecule has 0 saturated carbocycles. The number of likely N-dealkylation sites (N-methyl/N-ethyl adjacent to an activating group) is 1. The Hall–Kier alpha value is -4.36. The van der Waals surface area contributed by atoms with Gasteiger partial charge in [-0.05, 0) is 50.4 Å². The lowest BCUT2D eigenvalue weighted by Gasteiger charge is -2.42. The van der Waals surface area contributed by atoms with E-state index in [4.69, 9.17) is 14.7 Å². The maximum Gasteiger partial charge on any atom is 0.318 e. The normalized spacial score (nSPS) is 20.8. The molecule has 1 N–H and O–H groups in total. The van der Waals surface area contributed by atoms with Crippen molar-refractivity contribution in [3.8, 4) is 17.8 Å². The summed E-state index contributed by atoms with van der Waals surface area (Å²) in [5, 5.41) is 22.1. The number of likely N-dealkylation sites (tertiary alicyclic amines) is 1. The number of hydrogen-bond donors (Lipinski definition) is 1. The molecular weight excluding hydrogens is 530 g/mol. The molecule has 3 aliphatic heterocycles. The zero-order valence-electron chi connectivity index (χ0n) is 24.1. The number of phenolic OH excluding ortho intramolecular Hbond substituents is 1. The predicted octanol–water partition coefficient (Wildman–Crippen LogP) is 3.49. The van der Waals surface area contributed by atoms with Crippen LogP contribution in [-0.4, -0.2) is 89.2 Å². The topological polar surface area (TPSA) is 109 Å². The van der Waals surface area contributed by atoms with Gasteiger partial charge in [0.05, 0.1) is 30.8 Å². The molecule has 2 fully saturated rings. The average Bonchev–Trinajstić information content (AvgIpc) is 3.42. The first-order valence-electron chi connectivity index (χ1n) is 14.7. The van der Waals surface area contributed by atoms with Gasteiger partial charge >= 0.3 is 6.01 Å². The number of rotatable bonds is 7. The molecule has 3 aliphatic rings. The number of amides is 1. The maximum atomic E-state index is 12.5. The standard InChI is InChI=1S/C32H37N7O3/c1-3-30(41)39-16-15-38(19-23(39)10-12-33)31-27-11-14-37(29-18-25(40)17-22-7-4-5-9-26(22)29)20-28(27)34-32(35-31)42-21-24-8-6-13-36(24)2/h3-5,7,9,17-18,23-24,40H,1,6,8,10-11,13-16,19-21H2,2H3/t23?,24-/m0/s1. The number of phenols is 1. The van der Waals surface area contributed by atoms with Gasteiger partial charge in [0.25, 0.3) is 0 Å². The highest BCUT2D eigenvalue weighted by Gasteiger charge is 2.33. The minimum Gasteiger partial charge on any atom is -0.508 e. The minimum absolute atomic E-state index is 0.154. The van der Waals surface area contributed by atoms with Gasteiger partial charge in [-0.1, -0.05) is 30.8 Å². The zero-order valence-corrected chi connectivity index (χ0v) is 24.1. The quantitative estimate of drug-likeness (QED) is 0.429. The number of nitrogens with zero attached hydrogens (tertiary/aromatic N) is 7. The first-order chi connectivity index (χ1) is 20.4. The van der Waals surface area contributed by atoms with Gasteiger partial charge in [0.2, 0.25) is 5.91 Å². The van der Waals surface area contributed by atoms with E-state index in [0.717, 1.165) is 65.9 Å². The van der Waals surface area contributed by atoms with E-state index in [9.17, 15) is 15.2 Å². The fraction of sp³-hybridized carbons (Fsp3) is 0.438. The van der Waals surface area contributed by atoms with Crippen LogP contribution in [0.2, 0.25) is 0 Å². The van der Waals surface area contributed by atoms with Crippen molar-refractivity contribution in [1.29, 1.82) is 5.26 Å². The van der Waals surface area contributed by atoms with Gasteiger partial charge in [-0.2, -0.15) is 15.2 Å². The Kier molecular flexibility index (Phi) is 7.85. The Balaban J connectivity index is 1.34. The number of anilines is 2. The molecule has 1 unspecified atom stereocenters. The van der Waals surface area contributed by atoms with Gasteiger partial charge in [0, 0.05) is 54.9 Å². The molecule has 10 heteroatoms. The van der Waals surface area contributed by atoms with Crippen molar-refractivity contribution in [3.63, 3.8) is 0 Å². The van der Waals surface area contributed by atoms with Crippen molar-refractivity contribution in [2.75, 3.05) is 56.2 Å². The molecule has 6 rings (SSSR count). The second-order valence-corrected chi connectivity index (χ2v) is 11.4. The second-order valence-electron chi connectivity index (χ2n) is 11.4. The highest BCUT2D eigenvalue weighted by molar-refractivity contribution is 5.95. The zero-order chi connectivity index (χ0) is 29.2. The lowest BCUT2D eigenvalue weighted by atomic mass is 10.0. The van der Waals surface area contributed by atoms with Gasteiger partial charge in [-0.15, -0.1) is 0 Å². The summed E-state index contributed by atoms with van der Waals surface area (Å²) in [6.45, 7) is 8.10. The number of aromatic hydroxyl groups is 1. The van der Waals surface area contributed by atoms with Crippen molar-refractivity contribution in [3.05, 3.63) is 60.3 Å². The Labute approximate surface area is 246 Å². The number of carbonyl (C=O) groups is 1. The van der Waals surface area contributed by atoms with Crippen LogP contribution >= 0.6 is 0 Å². The van der Waals surface area contributed by atoms with Gasteiger partial charge in [-0.25, -0.2) is 0 Å². The van der Waals surface area contributed by atoms with Crippen LogP contribution in [0.15, 0.2) is 49.1 Å². The van der Waals surface area contributed by atoms with Crippen LogP contribution < -0.4 is 14.5 Å². The van der Waals surface area contributed by atoms with E-state index in [1.165, 1.54) is 6.08 Å². The third kappa shape index (κ3) is 5.44. The highest BCUT2D eigenvalue weighted by atomic mass is 16.5. The van der Waals surface area contributed by atoms with Crippen LogP contribution in [0.25, 0.3) is 10.8 Å². The summed E-state index contributed by atoms with van der Waals surface area (Å²) in [5.74, 6) is 0.903. The molecule has 10 nitrogen and oxygen atoms in total. The molecule has 0 radical (unpaired) electrons. The summed E-state index contributed by atoms with van der Waals surface area (Å²) in [6.07, 6.45) is 4.51. The SMILES string of the molecule is C=CC(=O)N1CCN(c2nc(OC[C@@H]3CCCN3C)nc3c2CCN(c2cc(O)cc4ccccc24)C3)CC1CC#N.